The first-order valence-electron chi connectivity index (χ1n) is 3.23. The van der Waals surface area contributed by atoms with E-state index >= 15 is 0 Å². The van der Waals surface area contributed by atoms with Gasteiger partial charge in [0.2, 0.25) is 0 Å². The fourth-order valence-corrected chi connectivity index (χ4v) is 0.575. The Bertz CT molecular complexity index is 153. The monoisotopic (exact) mass is 160 g/mol. The van der Waals surface area contributed by atoms with Crippen LogP contribution in [0.25, 0.3) is 0 Å². The van der Waals surface area contributed by atoms with Crippen LogP contribution in [0.15, 0.2) is 0 Å². The summed E-state index contributed by atoms with van der Waals surface area (Å²) in [7, 11) is 2.65. The van der Waals surface area contributed by atoms with E-state index in [0.717, 1.165) is 0 Å². The Hall–Kier alpha value is -0.900. The maximum absolute atomic E-state index is 10.9. The van der Waals surface area contributed by atoms with Gasteiger partial charge in [-0.25, -0.2) is 0 Å². The number of carbonyl (C=O) groups excluding carboxylic acids is 2. The van der Waals surface area contributed by atoms with Crippen molar-refractivity contribution in [2.24, 2.45) is 5.92 Å². The summed E-state index contributed by atoms with van der Waals surface area (Å²) in [6, 6.07) is 0. The van der Waals surface area contributed by atoms with Gasteiger partial charge in [-0.1, -0.05) is 0 Å². The maximum atomic E-state index is 10.9. The van der Waals surface area contributed by atoms with E-state index in [1.165, 1.54) is 21.1 Å². The zero-order valence-corrected chi connectivity index (χ0v) is 6.92. The first-order chi connectivity index (χ1) is 5.13. The average Bonchev–Trinajstić information content (AvgIpc) is 2.02. The number of ketones is 1. The lowest BCUT2D eigenvalue weighted by Crippen LogP contribution is -2.25. The Morgan fingerprint density at radius 3 is 2.27 bits per heavy atom. The lowest BCUT2D eigenvalue weighted by atomic mass is 10.1. The second kappa shape index (κ2) is 4.85. The van der Waals surface area contributed by atoms with Crippen molar-refractivity contribution in [2.75, 3.05) is 20.8 Å². The predicted octanol–water partition coefficient (Wildman–Crippen LogP) is 0.0110. The molecule has 0 rings (SSSR count). The van der Waals surface area contributed by atoms with E-state index in [2.05, 4.69) is 9.47 Å². The van der Waals surface area contributed by atoms with E-state index in [0.29, 0.717) is 0 Å². The van der Waals surface area contributed by atoms with E-state index in [9.17, 15) is 9.59 Å². The molecule has 0 saturated heterocycles. The Balaban J connectivity index is 3.91. The standard InChI is InChI=1S/C7H12O4/c1-5(7(9)11-3)6(8)4-10-2/h5H,4H2,1-3H3. The van der Waals surface area contributed by atoms with Gasteiger partial charge in [-0.05, 0) is 6.92 Å². The summed E-state index contributed by atoms with van der Waals surface area (Å²) < 4.78 is 8.93. The number of Topliss-reactive ketones (excluding diaryl/α,β-unsaturated/α-hetero) is 1. The Labute approximate surface area is 65.5 Å². The van der Waals surface area contributed by atoms with Crippen LogP contribution in [0, 0.1) is 5.92 Å². The van der Waals surface area contributed by atoms with E-state index in [1.807, 2.05) is 0 Å². The molecule has 0 aliphatic carbocycles. The molecule has 0 bridgehead atoms. The highest BCUT2D eigenvalue weighted by Crippen LogP contribution is 1.99. The minimum absolute atomic E-state index is 0.0454. The molecule has 64 valence electrons. The van der Waals surface area contributed by atoms with Crippen molar-refractivity contribution in [1.29, 1.82) is 0 Å². The normalized spacial score (nSPS) is 12.3. The van der Waals surface area contributed by atoms with Crippen LogP contribution in [0.1, 0.15) is 6.92 Å². The SMILES string of the molecule is COCC(=O)C(C)C(=O)OC. The quantitative estimate of drug-likeness (QED) is 0.429. The Kier molecular flexibility index (Phi) is 4.45. The van der Waals surface area contributed by atoms with E-state index in [-0.39, 0.29) is 12.4 Å². The summed E-state index contributed by atoms with van der Waals surface area (Å²) in [6.07, 6.45) is 0. The molecule has 1 atom stereocenters. The van der Waals surface area contributed by atoms with Crippen molar-refractivity contribution in [3.63, 3.8) is 0 Å². The molecule has 0 aromatic heterocycles. The number of hydrogen-bond donors (Lipinski definition) is 0. The van der Waals surface area contributed by atoms with Crippen LogP contribution < -0.4 is 0 Å². The van der Waals surface area contributed by atoms with Crippen molar-refractivity contribution < 1.29 is 19.1 Å². The molecule has 0 spiro atoms. The second-order valence-corrected chi connectivity index (χ2v) is 2.14. The lowest BCUT2D eigenvalue weighted by molar-refractivity contribution is -0.149. The average molecular weight is 160 g/mol. The zero-order chi connectivity index (χ0) is 8.85. The highest BCUT2D eigenvalue weighted by molar-refractivity contribution is 5.99. The molecule has 4 nitrogen and oxygen atoms in total. The number of carbonyl (C=O) groups is 2. The number of esters is 1. The van der Waals surface area contributed by atoms with Gasteiger partial charge in [-0.2, -0.15) is 0 Å². The molecule has 0 saturated carbocycles. The summed E-state index contributed by atoms with van der Waals surface area (Å²) in [5.41, 5.74) is 0. The molecule has 0 N–H and O–H groups in total. The maximum Gasteiger partial charge on any atom is 0.316 e. The van der Waals surface area contributed by atoms with E-state index in [4.69, 9.17) is 0 Å². The van der Waals surface area contributed by atoms with Gasteiger partial charge in [-0.3, -0.25) is 9.59 Å². The van der Waals surface area contributed by atoms with Crippen LogP contribution in [0.4, 0.5) is 0 Å². The van der Waals surface area contributed by atoms with Gasteiger partial charge in [0.05, 0.1) is 7.11 Å². The highest BCUT2D eigenvalue weighted by Gasteiger charge is 2.21. The smallest absolute Gasteiger partial charge is 0.316 e. The zero-order valence-electron chi connectivity index (χ0n) is 6.92. The van der Waals surface area contributed by atoms with Crippen molar-refractivity contribution >= 4 is 11.8 Å². The summed E-state index contributed by atoms with van der Waals surface area (Å²) >= 11 is 0. The molecule has 0 radical (unpaired) electrons. The van der Waals surface area contributed by atoms with Crippen molar-refractivity contribution in [1.82, 2.24) is 0 Å². The largest absolute Gasteiger partial charge is 0.468 e. The van der Waals surface area contributed by atoms with Gasteiger partial charge in [0.15, 0.2) is 5.78 Å². The lowest BCUT2D eigenvalue weighted by Gasteiger charge is -2.05. The molecule has 0 heterocycles. The molecule has 1 unspecified atom stereocenters. The first-order valence-corrected chi connectivity index (χ1v) is 3.23. The molecule has 11 heavy (non-hydrogen) atoms. The van der Waals surface area contributed by atoms with Gasteiger partial charge in [-0.15, -0.1) is 0 Å². The Morgan fingerprint density at radius 2 is 1.91 bits per heavy atom. The highest BCUT2D eigenvalue weighted by atomic mass is 16.5. The molecular formula is C7H12O4. The fourth-order valence-electron chi connectivity index (χ4n) is 0.575. The first kappa shape index (κ1) is 10.1. The topological polar surface area (TPSA) is 52.6 Å². The molecule has 0 amide bonds. The van der Waals surface area contributed by atoms with Gasteiger partial charge in [0, 0.05) is 7.11 Å². The van der Waals surface area contributed by atoms with Crippen LogP contribution in [0.2, 0.25) is 0 Å². The summed E-state index contributed by atoms with van der Waals surface area (Å²) in [4.78, 5) is 21.6. The summed E-state index contributed by atoms with van der Waals surface area (Å²) in [5.74, 6) is -1.51. The number of ether oxygens (including phenoxy) is 2. The van der Waals surface area contributed by atoms with Gasteiger partial charge >= 0.3 is 5.97 Å². The molecule has 4 heteroatoms. The molecule has 0 aliphatic heterocycles. The van der Waals surface area contributed by atoms with E-state index < -0.39 is 11.9 Å². The molecule has 0 aromatic carbocycles. The van der Waals surface area contributed by atoms with Crippen molar-refractivity contribution in [3.05, 3.63) is 0 Å². The van der Waals surface area contributed by atoms with Crippen LogP contribution in [0.5, 0.6) is 0 Å². The minimum Gasteiger partial charge on any atom is -0.468 e. The molecule has 0 aliphatic rings. The number of hydrogen-bond acceptors (Lipinski definition) is 4. The summed E-state index contributed by atoms with van der Waals surface area (Å²) in [5, 5.41) is 0. The van der Waals surface area contributed by atoms with Crippen LogP contribution >= 0.6 is 0 Å². The van der Waals surface area contributed by atoms with Gasteiger partial charge in [0.1, 0.15) is 12.5 Å². The molecule has 0 fully saturated rings. The molecule has 0 aromatic rings. The van der Waals surface area contributed by atoms with Crippen LogP contribution in [-0.4, -0.2) is 32.6 Å². The van der Waals surface area contributed by atoms with E-state index in [1.54, 1.807) is 0 Å². The Morgan fingerprint density at radius 1 is 1.36 bits per heavy atom. The molecular weight excluding hydrogens is 148 g/mol. The van der Waals surface area contributed by atoms with Gasteiger partial charge < -0.3 is 9.47 Å². The fraction of sp³-hybridized carbons (Fsp3) is 0.714. The van der Waals surface area contributed by atoms with Crippen LogP contribution in [-0.2, 0) is 19.1 Å². The number of rotatable bonds is 4. The predicted molar refractivity (Wildman–Crippen MR) is 38.1 cm³/mol. The second-order valence-electron chi connectivity index (χ2n) is 2.14. The summed E-state index contributed by atoms with van der Waals surface area (Å²) in [6.45, 7) is 1.45. The third-order valence-electron chi connectivity index (χ3n) is 1.32. The van der Waals surface area contributed by atoms with Crippen molar-refractivity contribution in [3.8, 4) is 0 Å². The third kappa shape index (κ3) is 3.13. The van der Waals surface area contributed by atoms with Gasteiger partial charge in [0.25, 0.3) is 0 Å². The van der Waals surface area contributed by atoms with Crippen LogP contribution in [0.3, 0.4) is 0 Å². The third-order valence-corrected chi connectivity index (χ3v) is 1.32. The minimum atomic E-state index is -0.722. The number of methoxy groups -OCH3 is 2. The van der Waals surface area contributed by atoms with Crippen molar-refractivity contribution in [2.45, 2.75) is 6.92 Å².